The summed E-state index contributed by atoms with van der Waals surface area (Å²) in [5.74, 6) is 2.07. The molecule has 0 fully saturated rings. The van der Waals surface area contributed by atoms with E-state index in [1.165, 1.54) is 0 Å². The molecule has 2 aromatic carbocycles. The normalized spacial score (nSPS) is 10.5. The second-order valence-electron chi connectivity index (χ2n) is 5.57. The summed E-state index contributed by atoms with van der Waals surface area (Å²) in [6.07, 6.45) is 1.66. The molecule has 3 nitrogen and oxygen atoms in total. The number of pyridine rings is 1. The van der Waals surface area contributed by atoms with Gasteiger partial charge in [-0.3, -0.25) is 0 Å². The number of ether oxygens (including phenoxy) is 2. The van der Waals surface area contributed by atoms with Crippen molar-refractivity contribution in [1.82, 2.24) is 4.98 Å². The summed E-state index contributed by atoms with van der Waals surface area (Å²) in [6, 6.07) is 17.3. The molecule has 0 bridgehead atoms. The van der Waals surface area contributed by atoms with Crippen molar-refractivity contribution in [3.8, 4) is 17.4 Å². The molecule has 24 heavy (non-hydrogen) atoms. The van der Waals surface area contributed by atoms with Crippen molar-refractivity contribution in [2.75, 3.05) is 0 Å². The average molecular weight is 340 g/mol. The number of hydrogen-bond donors (Lipinski definition) is 0. The third-order valence-electron chi connectivity index (χ3n) is 3.62. The van der Waals surface area contributed by atoms with E-state index in [0.29, 0.717) is 23.3 Å². The van der Waals surface area contributed by atoms with Gasteiger partial charge in [-0.25, -0.2) is 4.98 Å². The zero-order chi connectivity index (χ0) is 16.9. The Morgan fingerprint density at radius 2 is 1.71 bits per heavy atom. The molecule has 0 spiro atoms. The minimum atomic E-state index is 0.444. The van der Waals surface area contributed by atoms with Gasteiger partial charge in [0.25, 0.3) is 0 Å². The van der Waals surface area contributed by atoms with Gasteiger partial charge >= 0.3 is 0 Å². The summed E-state index contributed by atoms with van der Waals surface area (Å²) in [7, 11) is 0. The minimum Gasteiger partial charge on any atom is -0.487 e. The molecule has 0 atom stereocenters. The van der Waals surface area contributed by atoms with Gasteiger partial charge in [0, 0.05) is 11.1 Å². The zero-order valence-electron chi connectivity index (χ0n) is 13.6. The Morgan fingerprint density at radius 1 is 0.958 bits per heavy atom. The fourth-order valence-electron chi connectivity index (χ4n) is 2.37. The van der Waals surface area contributed by atoms with Gasteiger partial charge in [0.15, 0.2) is 0 Å². The molecule has 1 heterocycles. The largest absolute Gasteiger partial charge is 0.487 e. The van der Waals surface area contributed by atoms with Crippen molar-refractivity contribution in [2.45, 2.75) is 20.5 Å². The van der Waals surface area contributed by atoms with E-state index in [-0.39, 0.29) is 0 Å². The van der Waals surface area contributed by atoms with Gasteiger partial charge in [-0.2, -0.15) is 0 Å². The summed E-state index contributed by atoms with van der Waals surface area (Å²) in [6.45, 7) is 4.48. The highest BCUT2D eigenvalue weighted by Crippen LogP contribution is 2.28. The number of benzene rings is 2. The van der Waals surface area contributed by atoms with Crippen LogP contribution in [0, 0.1) is 13.8 Å². The Hall–Kier alpha value is -2.52. The smallest absolute Gasteiger partial charge is 0.219 e. The van der Waals surface area contributed by atoms with Gasteiger partial charge in [0.2, 0.25) is 5.88 Å². The maximum atomic E-state index is 5.97. The van der Waals surface area contributed by atoms with Crippen molar-refractivity contribution in [1.29, 1.82) is 0 Å². The molecule has 0 unspecified atom stereocenters. The molecule has 0 aliphatic rings. The molecule has 0 saturated carbocycles. The first kappa shape index (κ1) is 16.3. The Balaban J connectivity index is 1.65. The monoisotopic (exact) mass is 339 g/mol. The zero-order valence-corrected chi connectivity index (χ0v) is 14.4. The van der Waals surface area contributed by atoms with Crippen molar-refractivity contribution >= 4 is 11.6 Å². The van der Waals surface area contributed by atoms with Crippen LogP contribution in [0.15, 0.2) is 60.8 Å². The number of para-hydroxylation sites is 1. The molecule has 3 aromatic rings. The van der Waals surface area contributed by atoms with Crippen LogP contribution < -0.4 is 9.47 Å². The Kier molecular flexibility index (Phi) is 5.02. The number of aromatic nitrogens is 1. The van der Waals surface area contributed by atoms with Crippen molar-refractivity contribution in [2.24, 2.45) is 0 Å². The third-order valence-corrected chi connectivity index (χ3v) is 3.85. The van der Waals surface area contributed by atoms with Crippen LogP contribution in [-0.2, 0) is 6.61 Å². The molecule has 4 heteroatoms. The number of aryl methyl sites for hydroxylation is 2. The minimum absolute atomic E-state index is 0.444. The maximum absolute atomic E-state index is 5.97. The highest BCUT2D eigenvalue weighted by Gasteiger charge is 2.06. The topological polar surface area (TPSA) is 31.4 Å². The van der Waals surface area contributed by atoms with E-state index < -0.39 is 0 Å². The van der Waals surface area contributed by atoms with Gasteiger partial charge in [-0.1, -0.05) is 41.9 Å². The van der Waals surface area contributed by atoms with Crippen LogP contribution >= 0.6 is 11.6 Å². The molecule has 3 rings (SSSR count). The van der Waals surface area contributed by atoms with Crippen LogP contribution in [0.25, 0.3) is 0 Å². The summed E-state index contributed by atoms with van der Waals surface area (Å²) in [4.78, 5) is 4.31. The van der Waals surface area contributed by atoms with Gasteiger partial charge in [-0.05, 0) is 48.7 Å². The highest BCUT2D eigenvalue weighted by atomic mass is 35.5. The Bertz CT molecular complexity index is 811. The van der Waals surface area contributed by atoms with Crippen LogP contribution in [0.1, 0.15) is 16.7 Å². The van der Waals surface area contributed by atoms with E-state index in [2.05, 4.69) is 4.98 Å². The lowest BCUT2D eigenvalue weighted by Gasteiger charge is -2.11. The van der Waals surface area contributed by atoms with Gasteiger partial charge in [-0.15, -0.1) is 0 Å². The second-order valence-corrected chi connectivity index (χ2v) is 6.01. The second kappa shape index (κ2) is 7.37. The van der Waals surface area contributed by atoms with Crippen LogP contribution in [0.2, 0.25) is 5.02 Å². The van der Waals surface area contributed by atoms with Crippen molar-refractivity contribution in [3.05, 3.63) is 82.5 Å². The molecule has 0 radical (unpaired) electrons. The van der Waals surface area contributed by atoms with Gasteiger partial charge in [0.05, 0.1) is 6.20 Å². The number of nitrogens with zero attached hydrogens (tertiary/aromatic N) is 1. The predicted octanol–water partition coefficient (Wildman–Crippen LogP) is 5.72. The van der Waals surface area contributed by atoms with E-state index in [9.17, 15) is 0 Å². The van der Waals surface area contributed by atoms with Gasteiger partial charge in [0.1, 0.15) is 18.1 Å². The molecular weight excluding hydrogens is 322 g/mol. The first-order chi connectivity index (χ1) is 11.6. The first-order valence-corrected chi connectivity index (χ1v) is 8.07. The summed E-state index contributed by atoms with van der Waals surface area (Å²) < 4.78 is 11.6. The lowest BCUT2D eigenvalue weighted by Crippen LogP contribution is -1.97. The van der Waals surface area contributed by atoms with Crippen LogP contribution in [-0.4, -0.2) is 4.98 Å². The Morgan fingerprint density at radius 3 is 2.38 bits per heavy atom. The van der Waals surface area contributed by atoms with Crippen LogP contribution in [0.3, 0.4) is 0 Å². The molecule has 0 aliphatic carbocycles. The van der Waals surface area contributed by atoms with Crippen LogP contribution in [0.5, 0.6) is 17.4 Å². The lowest BCUT2D eigenvalue weighted by molar-refractivity contribution is 0.304. The fourth-order valence-corrected chi connectivity index (χ4v) is 2.58. The van der Waals surface area contributed by atoms with E-state index in [1.54, 1.807) is 12.3 Å². The van der Waals surface area contributed by atoms with Crippen molar-refractivity contribution < 1.29 is 9.47 Å². The predicted molar refractivity (Wildman–Crippen MR) is 96.0 cm³/mol. The standard InChI is InChI=1S/C20H18ClNO2/c1-14-5-3-6-15(2)20(14)24-19-10-9-18(12-22-19)23-13-16-7-4-8-17(21)11-16/h3-12H,13H2,1-2H3. The molecule has 0 aliphatic heterocycles. The first-order valence-electron chi connectivity index (χ1n) is 7.69. The van der Waals surface area contributed by atoms with Gasteiger partial charge < -0.3 is 9.47 Å². The number of hydrogen-bond acceptors (Lipinski definition) is 3. The lowest BCUT2D eigenvalue weighted by atomic mass is 10.1. The van der Waals surface area contributed by atoms with E-state index >= 15 is 0 Å². The third kappa shape index (κ3) is 4.06. The quantitative estimate of drug-likeness (QED) is 0.595. The molecular formula is C20H18ClNO2. The molecule has 0 N–H and O–H groups in total. The Labute approximate surface area is 146 Å². The number of halogens is 1. The molecule has 0 amide bonds. The molecule has 0 saturated heterocycles. The maximum Gasteiger partial charge on any atom is 0.219 e. The SMILES string of the molecule is Cc1cccc(C)c1Oc1ccc(OCc2cccc(Cl)c2)cn1. The number of rotatable bonds is 5. The fraction of sp³-hybridized carbons (Fsp3) is 0.150. The summed E-state index contributed by atoms with van der Waals surface area (Å²) in [5.41, 5.74) is 3.18. The van der Waals surface area contributed by atoms with E-state index in [0.717, 1.165) is 22.4 Å². The van der Waals surface area contributed by atoms with Crippen LogP contribution in [0.4, 0.5) is 0 Å². The summed E-state index contributed by atoms with van der Waals surface area (Å²) in [5, 5.41) is 0.701. The highest BCUT2D eigenvalue weighted by molar-refractivity contribution is 6.30. The van der Waals surface area contributed by atoms with E-state index in [4.69, 9.17) is 21.1 Å². The molecule has 122 valence electrons. The average Bonchev–Trinajstić information content (AvgIpc) is 2.58. The summed E-state index contributed by atoms with van der Waals surface area (Å²) >= 11 is 5.97. The van der Waals surface area contributed by atoms with Crippen molar-refractivity contribution in [3.63, 3.8) is 0 Å². The van der Waals surface area contributed by atoms with E-state index in [1.807, 2.05) is 62.4 Å². The molecule has 1 aromatic heterocycles.